The molecule has 2 aromatic heterocycles. The molecule has 2 unspecified atom stereocenters. The van der Waals surface area contributed by atoms with Crippen molar-refractivity contribution in [3.63, 3.8) is 0 Å². The summed E-state index contributed by atoms with van der Waals surface area (Å²) in [6, 6.07) is 0.762. The second-order valence-electron chi connectivity index (χ2n) is 8.07. The van der Waals surface area contributed by atoms with Gasteiger partial charge in [0.2, 0.25) is 11.9 Å². The van der Waals surface area contributed by atoms with Gasteiger partial charge < -0.3 is 20.5 Å². The molecule has 0 radical (unpaired) electrons. The summed E-state index contributed by atoms with van der Waals surface area (Å²) in [7, 11) is 0. The average molecular weight is 449 g/mol. The third kappa shape index (κ3) is 4.09. The molecule has 32 heavy (non-hydrogen) atoms. The minimum atomic E-state index is -1.11. The van der Waals surface area contributed by atoms with Gasteiger partial charge in [0.1, 0.15) is 17.0 Å². The van der Waals surface area contributed by atoms with Gasteiger partial charge in [-0.1, -0.05) is 0 Å². The van der Waals surface area contributed by atoms with Crippen LogP contribution < -0.4 is 10.6 Å². The minimum Gasteiger partial charge on any atom is -0.393 e. The van der Waals surface area contributed by atoms with E-state index in [1.807, 2.05) is 0 Å². The number of hydrogen-bond acceptors (Lipinski definition) is 7. The van der Waals surface area contributed by atoms with Crippen molar-refractivity contribution < 1.29 is 24.4 Å². The Morgan fingerprint density at radius 2 is 1.88 bits per heavy atom. The lowest BCUT2D eigenvalue weighted by Crippen LogP contribution is -2.29. The van der Waals surface area contributed by atoms with Crippen LogP contribution in [0.1, 0.15) is 39.5 Å². The minimum absolute atomic E-state index is 0.0504. The number of nitrogens with one attached hydrogen (secondary N) is 2. The Bertz CT molecular complexity index is 1150. The van der Waals surface area contributed by atoms with Crippen LogP contribution in [0.3, 0.4) is 0 Å². The van der Waals surface area contributed by atoms with Crippen molar-refractivity contribution in [2.24, 2.45) is 0 Å². The summed E-state index contributed by atoms with van der Waals surface area (Å²) >= 11 is 0. The Labute approximate surface area is 183 Å². The van der Waals surface area contributed by atoms with E-state index in [1.165, 1.54) is 6.20 Å². The number of halogens is 3. The second-order valence-corrected chi connectivity index (χ2v) is 8.07. The normalized spacial score (nSPS) is 26.3. The fourth-order valence-electron chi connectivity index (χ4n) is 4.15. The van der Waals surface area contributed by atoms with Crippen molar-refractivity contribution in [2.45, 2.75) is 50.3 Å². The van der Waals surface area contributed by atoms with E-state index in [2.05, 4.69) is 25.6 Å². The van der Waals surface area contributed by atoms with Gasteiger partial charge in [-0.25, -0.2) is 23.1 Å². The zero-order valence-electron chi connectivity index (χ0n) is 18.1. The molecule has 2 aliphatic rings. The van der Waals surface area contributed by atoms with Gasteiger partial charge in [0.25, 0.3) is 0 Å². The van der Waals surface area contributed by atoms with Gasteiger partial charge in [-0.15, -0.1) is 0 Å². The summed E-state index contributed by atoms with van der Waals surface area (Å²) in [5.74, 6) is -2.84. The van der Waals surface area contributed by atoms with Crippen LogP contribution in [0.2, 0.25) is 0 Å². The molecule has 3 aromatic rings. The summed E-state index contributed by atoms with van der Waals surface area (Å²) in [5.41, 5.74) is 0.186. The molecule has 3 N–H and O–H groups in total. The molecule has 3 heterocycles. The maximum Gasteiger partial charge on any atom is 0.224 e. The Kier molecular flexibility index (Phi) is 5.27. The molecule has 11 heteroatoms. The Morgan fingerprint density at radius 1 is 1.12 bits per heavy atom. The number of fused-ring (bicyclic) bond motifs is 1. The number of anilines is 3. The van der Waals surface area contributed by atoms with Gasteiger partial charge >= 0.3 is 0 Å². The number of nitrogens with zero attached hydrogens (tertiary/aromatic N) is 4. The molecule has 1 aromatic carbocycles. The molecule has 8 nitrogen and oxygen atoms in total. The largest absolute Gasteiger partial charge is 0.393 e. The number of aliphatic hydroxyl groups is 1. The first-order chi connectivity index (χ1) is 15.9. The number of imidazole rings is 1. The van der Waals surface area contributed by atoms with Crippen LogP contribution in [0.25, 0.3) is 11.2 Å². The van der Waals surface area contributed by atoms with Gasteiger partial charge in [0, 0.05) is 26.2 Å². The molecule has 1 saturated heterocycles. The third-order valence-electron chi connectivity index (χ3n) is 5.81. The Morgan fingerprint density at radius 3 is 2.56 bits per heavy atom. The van der Waals surface area contributed by atoms with E-state index in [4.69, 9.17) is 6.11 Å². The first kappa shape index (κ1) is 19.7. The first-order valence-corrected chi connectivity index (χ1v) is 10.5. The van der Waals surface area contributed by atoms with Crippen molar-refractivity contribution >= 4 is 28.7 Å². The van der Waals surface area contributed by atoms with Crippen LogP contribution in [0.5, 0.6) is 0 Å². The zero-order valence-corrected chi connectivity index (χ0v) is 17.1. The lowest BCUT2D eigenvalue weighted by molar-refractivity contribution is 0.126. The number of benzene rings is 1. The molecule has 2 atom stereocenters. The van der Waals surface area contributed by atoms with Crippen molar-refractivity contribution in [2.75, 3.05) is 23.8 Å². The molecule has 0 spiro atoms. The molecule has 0 bridgehead atoms. The van der Waals surface area contributed by atoms with E-state index in [0.717, 1.165) is 12.8 Å². The van der Waals surface area contributed by atoms with Gasteiger partial charge in [-0.3, -0.25) is 4.57 Å². The highest BCUT2D eigenvalue weighted by Crippen LogP contribution is 2.32. The molecule has 1 saturated carbocycles. The molecule has 2 fully saturated rings. The lowest BCUT2D eigenvalue weighted by Gasteiger charge is -2.26. The summed E-state index contributed by atoms with van der Waals surface area (Å²) in [4.78, 5) is 13.3. The standard InChI is InChI=1S/C21H23F3N6O2/c22-11-7-15(23)18(16(24)8-11)28-21-27-17-9-25-20(26-12-1-3-14(31)4-2-12)29-19(17)30(21)13-5-6-32-10-13/h7-9,12-14,31H,1-6,10H2,(H,27,28)(H,25,26,29)/i5D. The smallest absolute Gasteiger partial charge is 0.224 e. The first-order valence-electron chi connectivity index (χ1n) is 11.1. The summed E-state index contributed by atoms with van der Waals surface area (Å²) in [5, 5.41) is 15.6. The monoisotopic (exact) mass is 449 g/mol. The molecule has 1 aliphatic heterocycles. The van der Waals surface area contributed by atoms with E-state index in [9.17, 15) is 18.3 Å². The highest BCUT2D eigenvalue weighted by Gasteiger charge is 2.27. The van der Waals surface area contributed by atoms with Crippen LogP contribution in [0.4, 0.5) is 30.8 Å². The topological polar surface area (TPSA) is 97.1 Å². The maximum absolute atomic E-state index is 14.3. The van der Waals surface area contributed by atoms with E-state index in [-0.39, 0.29) is 31.3 Å². The molecular formula is C21H23F3N6O2. The van der Waals surface area contributed by atoms with Crippen molar-refractivity contribution in [3.8, 4) is 0 Å². The highest BCUT2D eigenvalue weighted by atomic mass is 19.1. The fourth-order valence-corrected chi connectivity index (χ4v) is 4.15. The van der Waals surface area contributed by atoms with Gasteiger partial charge in [0.15, 0.2) is 17.3 Å². The zero-order chi connectivity index (χ0) is 23.1. The van der Waals surface area contributed by atoms with E-state index >= 15 is 0 Å². The van der Waals surface area contributed by atoms with Crippen LogP contribution >= 0.6 is 0 Å². The number of aliphatic hydroxyl groups excluding tert-OH is 1. The van der Waals surface area contributed by atoms with Crippen LogP contribution in [0, 0.1) is 17.5 Å². The molecule has 0 amide bonds. The van der Waals surface area contributed by atoms with Crippen molar-refractivity contribution in [3.05, 3.63) is 35.8 Å². The van der Waals surface area contributed by atoms with Gasteiger partial charge in [-0.2, -0.15) is 4.98 Å². The van der Waals surface area contributed by atoms with E-state index < -0.39 is 35.6 Å². The molecule has 170 valence electrons. The lowest BCUT2D eigenvalue weighted by atomic mass is 9.93. The number of rotatable bonds is 5. The SMILES string of the molecule is [2H]C1COCC1n1c(Nc2c(F)cc(F)cc2F)nc2cnc(NC3CCC(O)CC3)nc21. The number of ether oxygens (including phenoxy) is 1. The van der Waals surface area contributed by atoms with Gasteiger partial charge in [-0.05, 0) is 32.1 Å². The highest BCUT2D eigenvalue weighted by molar-refractivity contribution is 5.76. The second kappa shape index (κ2) is 8.55. The predicted molar refractivity (Wildman–Crippen MR) is 111 cm³/mol. The summed E-state index contributed by atoms with van der Waals surface area (Å²) in [6.45, 7) is 0.402. The summed E-state index contributed by atoms with van der Waals surface area (Å²) < 4.78 is 57.3. The van der Waals surface area contributed by atoms with E-state index in [0.29, 0.717) is 42.1 Å². The van der Waals surface area contributed by atoms with Crippen molar-refractivity contribution in [1.82, 2.24) is 19.5 Å². The van der Waals surface area contributed by atoms with Crippen molar-refractivity contribution in [1.29, 1.82) is 0 Å². The third-order valence-corrected chi connectivity index (χ3v) is 5.81. The predicted octanol–water partition coefficient (Wildman–Crippen LogP) is 3.66. The van der Waals surface area contributed by atoms with Gasteiger partial charge in [0.05, 0.1) is 24.9 Å². The maximum atomic E-state index is 14.3. The quantitative estimate of drug-likeness (QED) is 0.547. The summed E-state index contributed by atoms with van der Waals surface area (Å²) in [6.07, 6.45) is 3.52. The van der Waals surface area contributed by atoms with Crippen LogP contribution in [0.15, 0.2) is 18.3 Å². The Hall–Kier alpha value is -2.92. The number of aromatic nitrogens is 4. The fraction of sp³-hybridized carbons (Fsp3) is 0.476. The average Bonchev–Trinajstić information content (AvgIpc) is 3.34. The molecule has 5 rings (SSSR count). The number of hydrogen-bond donors (Lipinski definition) is 3. The Balaban J connectivity index is 1.53. The molecule has 1 aliphatic carbocycles. The van der Waals surface area contributed by atoms with Crippen LogP contribution in [-0.2, 0) is 4.74 Å². The van der Waals surface area contributed by atoms with Crippen LogP contribution in [-0.4, -0.2) is 50.0 Å². The molecular weight excluding hydrogens is 425 g/mol. The van der Waals surface area contributed by atoms with E-state index in [1.54, 1.807) is 4.57 Å².